The number of carbonyl (C=O) groups excluding carboxylic acids is 1. The van der Waals surface area contributed by atoms with E-state index in [2.05, 4.69) is 15.9 Å². The molecule has 0 bridgehead atoms. The number of Topliss-reactive ketones (excluding diaryl/α,β-unsaturated/α-hetero) is 1. The molecule has 3 nitrogen and oxygen atoms in total. The summed E-state index contributed by atoms with van der Waals surface area (Å²) in [5, 5.41) is 10.6. The van der Waals surface area contributed by atoms with Crippen molar-refractivity contribution in [1.82, 2.24) is 0 Å². The van der Waals surface area contributed by atoms with Crippen molar-refractivity contribution >= 4 is 27.3 Å². The molecule has 0 amide bonds. The Hall–Kier alpha value is -2.28. The summed E-state index contributed by atoms with van der Waals surface area (Å²) in [6, 6.07) is 8.30. The van der Waals surface area contributed by atoms with Gasteiger partial charge < -0.3 is 9.84 Å². The van der Waals surface area contributed by atoms with Gasteiger partial charge in [0, 0.05) is 12.8 Å². The molecule has 0 spiro atoms. The Balaban J connectivity index is 1.99. The van der Waals surface area contributed by atoms with Gasteiger partial charge in [0.15, 0.2) is 5.78 Å². The van der Waals surface area contributed by atoms with Gasteiger partial charge in [-0.15, -0.1) is 0 Å². The quantitative estimate of drug-likeness (QED) is 0.491. The first-order chi connectivity index (χ1) is 13.9. The molecule has 0 aliphatic heterocycles. The van der Waals surface area contributed by atoms with Gasteiger partial charge in [0.05, 0.1) is 15.6 Å². The van der Waals surface area contributed by atoms with Gasteiger partial charge in [-0.2, -0.15) is 13.2 Å². The van der Waals surface area contributed by atoms with E-state index in [1.54, 1.807) is 18.2 Å². The molecular weight excluding hydrogens is 461 g/mol. The summed E-state index contributed by atoms with van der Waals surface area (Å²) >= 11 is 3.12. The Morgan fingerprint density at radius 3 is 2.40 bits per heavy atom. The smallest absolute Gasteiger partial charge is 0.416 e. The molecule has 160 valence electrons. The second-order valence-electron chi connectivity index (χ2n) is 8.18. The van der Waals surface area contributed by atoms with Gasteiger partial charge in [0.25, 0.3) is 0 Å². The normalized spacial score (nSPS) is 16.7. The number of aryl methyl sites for hydroxylation is 1. The van der Waals surface area contributed by atoms with E-state index in [1.165, 1.54) is 6.07 Å². The summed E-state index contributed by atoms with van der Waals surface area (Å²) in [7, 11) is 0. The van der Waals surface area contributed by atoms with Crippen LogP contribution in [0.3, 0.4) is 0 Å². The highest BCUT2D eigenvalue weighted by Gasteiger charge is 2.34. The van der Waals surface area contributed by atoms with Crippen molar-refractivity contribution in [3.05, 3.63) is 63.3 Å². The Bertz CT molecular complexity index is 1020. The third-order valence-corrected chi connectivity index (χ3v) is 5.69. The maximum atomic E-state index is 12.9. The van der Waals surface area contributed by atoms with Crippen molar-refractivity contribution in [2.24, 2.45) is 5.41 Å². The SMILES string of the molecule is CCc1ccc(Oc2ccc(C(F)(F)F)cc2Br)cc1C1=C(O)CC(C)(C)CC1=O. The third kappa shape index (κ3) is 4.72. The van der Waals surface area contributed by atoms with E-state index >= 15 is 0 Å². The number of aliphatic hydroxyl groups is 1. The largest absolute Gasteiger partial charge is 0.512 e. The van der Waals surface area contributed by atoms with Crippen LogP contribution in [0.5, 0.6) is 11.5 Å². The Labute approximate surface area is 181 Å². The van der Waals surface area contributed by atoms with E-state index in [1.807, 2.05) is 20.8 Å². The molecule has 0 atom stereocenters. The summed E-state index contributed by atoms with van der Waals surface area (Å²) in [5.74, 6) is 0.498. The van der Waals surface area contributed by atoms with Gasteiger partial charge in [0.1, 0.15) is 17.3 Å². The van der Waals surface area contributed by atoms with Gasteiger partial charge in [-0.05, 0) is 69.2 Å². The number of carbonyl (C=O) groups is 1. The van der Waals surface area contributed by atoms with E-state index in [9.17, 15) is 23.1 Å². The van der Waals surface area contributed by atoms with Crippen LogP contribution in [0.1, 0.15) is 50.3 Å². The van der Waals surface area contributed by atoms with E-state index in [0.29, 0.717) is 36.1 Å². The fourth-order valence-electron chi connectivity index (χ4n) is 3.64. The molecule has 1 aliphatic rings. The molecule has 3 rings (SSSR count). The summed E-state index contributed by atoms with van der Waals surface area (Å²) < 4.78 is 44.6. The summed E-state index contributed by atoms with van der Waals surface area (Å²) in [4.78, 5) is 12.8. The summed E-state index contributed by atoms with van der Waals surface area (Å²) in [5.41, 5.74) is 0.674. The number of allylic oxidation sites excluding steroid dienone is 2. The molecule has 1 N–H and O–H groups in total. The van der Waals surface area contributed by atoms with Gasteiger partial charge >= 0.3 is 6.18 Å². The predicted molar refractivity (Wildman–Crippen MR) is 113 cm³/mol. The minimum atomic E-state index is -4.45. The zero-order valence-corrected chi connectivity index (χ0v) is 18.4. The lowest BCUT2D eigenvalue weighted by molar-refractivity contribution is -0.137. The Morgan fingerprint density at radius 2 is 1.83 bits per heavy atom. The van der Waals surface area contributed by atoms with Crippen molar-refractivity contribution in [3.8, 4) is 11.5 Å². The van der Waals surface area contributed by atoms with Crippen LogP contribution in [0.2, 0.25) is 0 Å². The molecule has 0 unspecified atom stereocenters. The average Bonchev–Trinajstić information content (AvgIpc) is 2.61. The molecular formula is C23H22BrF3O3. The van der Waals surface area contributed by atoms with Crippen LogP contribution < -0.4 is 4.74 Å². The first-order valence-corrected chi connectivity index (χ1v) is 10.3. The molecule has 0 aromatic heterocycles. The number of aliphatic hydroxyl groups excluding tert-OH is 1. The van der Waals surface area contributed by atoms with Crippen LogP contribution in [0.4, 0.5) is 13.2 Å². The van der Waals surface area contributed by atoms with E-state index < -0.39 is 11.7 Å². The van der Waals surface area contributed by atoms with Gasteiger partial charge in [-0.25, -0.2) is 0 Å². The lowest BCUT2D eigenvalue weighted by Crippen LogP contribution is -2.25. The monoisotopic (exact) mass is 482 g/mol. The summed E-state index contributed by atoms with van der Waals surface area (Å²) in [6.45, 7) is 5.81. The van der Waals surface area contributed by atoms with Crippen LogP contribution in [-0.4, -0.2) is 10.9 Å². The molecule has 30 heavy (non-hydrogen) atoms. The molecule has 0 radical (unpaired) electrons. The van der Waals surface area contributed by atoms with Crippen LogP contribution in [-0.2, 0) is 17.4 Å². The van der Waals surface area contributed by atoms with Crippen LogP contribution in [0.25, 0.3) is 5.57 Å². The van der Waals surface area contributed by atoms with Crippen molar-refractivity contribution < 1.29 is 27.8 Å². The lowest BCUT2D eigenvalue weighted by atomic mass is 9.74. The van der Waals surface area contributed by atoms with Crippen LogP contribution >= 0.6 is 15.9 Å². The highest BCUT2D eigenvalue weighted by molar-refractivity contribution is 9.10. The number of rotatable bonds is 4. The number of ether oxygens (including phenoxy) is 1. The van der Waals surface area contributed by atoms with Crippen molar-refractivity contribution in [2.75, 3.05) is 0 Å². The first-order valence-electron chi connectivity index (χ1n) is 9.54. The fourth-order valence-corrected chi connectivity index (χ4v) is 4.10. The van der Waals surface area contributed by atoms with Gasteiger partial charge in [0.2, 0.25) is 0 Å². The van der Waals surface area contributed by atoms with E-state index in [-0.39, 0.29) is 27.2 Å². The number of ketones is 1. The van der Waals surface area contributed by atoms with Gasteiger partial charge in [-0.3, -0.25) is 4.79 Å². The van der Waals surface area contributed by atoms with Crippen LogP contribution in [0.15, 0.2) is 46.6 Å². The number of benzene rings is 2. The number of alkyl halides is 3. The van der Waals surface area contributed by atoms with Crippen molar-refractivity contribution in [2.45, 2.75) is 46.2 Å². The standard InChI is InChI=1S/C23H22BrF3O3/c1-4-13-5-7-15(30-20-8-6-14(9-17(20)24)23(25,26)27)10-16(13)21-18(28)11-22(2,3)12-19(21)29/h5-10,28H,4,11-12H2,1-3H3. The Kier molecular flexibility index (Phi) is 6.05. The molecule has 2 aromatic rings. The maximum Gasteiger partial charge on any atom is 0.416 e. The molecule has 7 heteroatoms. The zero-order valence-electron chi connectivity index (χ0n) is 16.9. The first kappa shape index (κ1) is 22.4. The Morgan fingerprint density at radius 1 is 1.13 bits per heavy atom. The average molecular weight is 483 g/mol. The molecule has 0 fully saturated rings. The zero-order chi connectivity index (χ0) is 22.3. The van der Waals surface area contributed by atoms with Gasteiger partial charge in [-0.1, -0.05) is 26.8 Å². The number of halogens is 4. The lowest BCUT2D eigenvalue weighted by Gasteiger charge is -2.30. The predicted octanol–water partition coefficient (Wildman–Crippen LogP) is 7.48. The molecule has 0 saturated carbocycles. The molecule has 1 aliphatic carbocycles. The maximum absolute atomic E-state index is 12.9. The molecule has 2 aromatic carbocycles. The second-order valence-corrected chi connectivity index (χ2v) is 9.03. The highest BCUT2D eigenvalue weighted by atomic mass is 79.9. The fraction of sp³-hybridized carbons (Fsp3) is 0.348. The molecule has 0 heterocycles. The van der Waals surface area contributed by atoms with E-state index in [0.717, 1.165) is 17.7 Å². The molecule has 0 saturated heterocycles. The van der Waals surface area contributed by atoms with Crippen LogP contribution in [0, 0.1) is 5.41 Å². The van der Waals surface area contributed by atoms with Crippen molar-refractivity contribution in [3.63, 3.8) is 0 Å². The third-order valence-electron chi connectivity index (χ3n) is 5.07. The highest BCUT2D eigenvalue weighted by Crippen LogP contribution is 2.42. The minimum Gasteiger partial charge on any atom is -0.512 e. The van der Waals surface area contributed by atoms with E-state index in [4.69, 9.17) is 4.74 Å². The summed E-state index contributed by atoms with van der Waals surface area (Å²) in [6.07, 6.45) is -3.08. The number of hydrogen-bond donors (Lipinski definition) is 1. The number of hydrogen-bond acceptors (Lipinski definition) is 3. The minimum absolute atomic E-state index is 0.0545. The second kappa shape index (κ2) is 8.10. The van der Waals surface area contributed by atoms with Crippen molar-refractivity contribution in [1.29, 1.82) is 0 Å². The topological polar surface area (TPSA) is 46.5 Å².